The quantitative estimate of drug-likeness (QED) is 0.146. The van der Waals surface area contributed by atoms with E-state index in [1.165, 1.54) is 26.4 Å². The van der Waals surface area contributed by atoms with Crippen LogP contribution in [0.4, 0.5) is 5.69 Å². The Balaban J connectivity index is 1.78. The largest absolute Gasteiger partial charge is 0.330 e. The molecule has 0 aliphatic heterocycles. The highest BCUT2D eigenvalue weighted by Gasteiger charge is 2.23. The van der Waals surface area contributed by atoms with Crippen molar-refractivity contribution in [3.8, 4) is 5.69 Å². The van der Waals surface area contributed by atoms with E-state index in [1.807, 2.05) is 41.0 Å². The molecule has 1 aromatic heterocycles. The smallest absolute Gasteiger partial charge is 0.312 e. The maximum atomic E-state index is 12.8. The molecule has 0 saturated heterocycles. The number of para-hydroxylation sites is 1. The first kappa shape index (κ1) is 21.9. The second kappa shape index (κ2) is 8.67. The zero-order valence-electron chi connectivity index (χ0n) is 17.6. The molecule has 8 nitrogen and oxygen atoms in total. The standard InChI is InChI=1S/C23H21N2O6P/c1-30-32(29,31-2)14-13-23(26)16-7-12-22-20(15-16)19-5-3-4-6-21(19)24(22)17-8-10-18(11-9-17)25(27)28/h3-12,15H,13-14H2,1-2H3. The van der Waals surface area contributed by atoms with Crippen molar-refractivity contribution in [1.29, 1.82) is 0 Å². The third kappa shape index (κ3) is 3.96. The van der Waals surface area contributed by atoms with Gasteiger partial charge in [0.15, 0.2) is 5.78 Å². The summed E-state index contributed by atoms with van der Waals surface area (Å²) in [6.07, 6.45) is 0.0346. The highest BCUT2D eigenvalue weighted by molar-refractivity contribution is 7.53. The van der Waals surface area contributed by atoms with Crippen LogP contribution in [0.15, 0.2) is 66.7 Å². The molecule has 0 aliphatic carbocycles. The lowest BCUT2D eigenvalue weighted by molar-refractivity contribution is -0.384. The molecule has 3 aromatic carbocycles. The summed E-state index contributed by atoms with van der Waals surface area (Å²) in [4.78, 5) is 23.4. The van der Waals surface area contributed by atoms with Crippen LogP contribution in [0, 0.1) is 10.1 Å². The molecule has 0 unspecified atom stereocenters. The van der Waals surface area contributed by atoms with Crippen LogP contribution in [0.3, 0.4) is 0 Å². The van der Waals surface area contributed by atoms with Gasteiger partial charge in [0, 0.05) is 54.8 Å². The number of nitro benzene ring substituents is 1. The van der Waals surface area contributed by atoms with Crippen molar-refractivity contribution >= 4 is 40.9 Å². The maximum absolute atomic E-state index is 12.8. The van der Waals surface area contributed by atoms with E-state index in [2.05, 4.69) is 0 Å². The van der Waals surface area contributed by atoms with Crippen molar-refractivity contribution in [1.82, 2.24) is 4.57 Å². The van der Waals surface area contributed by atoms with Crippen LogP contribution in [0.25, 0.3) is 27.5 Å². The number of ketones is 1. The van der Waals surface area contributed by atoms with E-state index in [9.17, 15) is 19.5 Å². The minimum absolute atomic E-state index is 0.00141. The number of hydrogen-bond acceptors (Lipinski definition) is 6. The van der Waals surface area contributed by atoms with Crippen molar-refractivity contribution in [3.05, 3.63) is 82.4 Å². The van der Waals surface area contributed by atoms with Crippen LogP contribution >= 0.6 is 7.60 Å². The number of nitrogens with zero attached hydrogens (tertiary/aromatic N) is 2. The molecule has 32 heavy (non-hydrogen) atoms. The lowest BCUT2D eigenvalue weighted by Gasteiger charge is -2.12. The zero-order valence-corrected chi connectivity index (χ0v) is 18.5. The Morgan fingerprint density at radius 1 is 0.969 bits per heavy atom. The van der Waals surface area contributed by atoms with E-state index in [4.69, 9.17) is 9.05 Å². The number of fused-ring (bicyclic) bond motifs is 3. The van der Waals surface area contributed by atoms with Gasteiger partial charge in [-0.2, -0.15) is 0 Å². The molecule has 0 fully saturated rings. The molecule has 0 N–H and O–H groups in total. The molecule has 1 heterocycles. The molecule has 0 radical (unpaired) electrons. The van der Waals surface area contributed by atoms with E-state index in [1.54, 1.807) is 18.2 Å². The van der Waals surface area contributed by atoms with Gasteiger partial charge in [-0.05, 0) is 36.4 Å². The number of Topliss-reactive ketones (excluding diaryl/α,β-unsaturated/α-hetero) is 1. The molecule has 0 spiro atoms. The number of nitro groups is 1. The summed E-state index contributed by atoms with van der Waals surface area (Å²) in [5, 5.41) is 12.8. The molecular formula is C23H21N2O6P. The second-order valence-electron chi connectivity index (χ2n) is 7.23. The predicted octanol–water partition coefficient (Wildman–Crippen LogP) is 5.75. The number of aromatic nitrogens is 1. The van der Waals surface area contributed by atoms with Crippen LogP contribution in [0.5, 0.6) is 0 Å². The summed E-state index contributed by atoms with van der Waals surface area (Å²) < 4.78 is 24.1. The summed E-state index contributed by atoms with van der Waals surface area (Å²) >= 11 is 0. The minimum Gasteiger partial charge on any atom is -0.312 e. The Kier molecular flexibility index (Phi) is 5.93. The molecule has 0 atom stereocenters. The summed E-state index contributed by atoms with van der Waals surface area (Å²) in [5.41, 5.74) is 3.09. The third-order valence-corrected chi connectivity index (χ3v) is 7.37. The number of rotatable bonds is 8. The van der Waals surface area contributed by atoms with E-state index < -0.39 is 12.5 Å². The first-order valence-corrected chi connectivity index (χ1v) is 11.6. The number of benzene rings is 3. The first-order chi connectivity index (χ1) is 15.4. The molecule has 9 heteroatoms. The highest BCUT2D eigenvalue weighted by Crippen LogP contribution is 2.47. The normalized spacial score (nSPS) is 11.8. The predicted molar refractivity (Wildman–Crippen MR) is 123 cm³/mol. The van der Waals surface area contributed by atoms with Gasteiger partial charge in [-0.25, -0.2) is 0 Å². The van der Waals surface area contributed by atoms with Gasteiger partial charge in [0.2, 0.25) is 0 Å². The molecule has 0 saturated carbocycles. The fourth-order valence-electron chi connectivity index (χ4n) is 3.79. The molecule has 164 valence electrons. The Hall–Kier alpha value is -3.32. The van der Waals surface area contributed by atoms with E-state index in [-0.39, 0.29) is 24.1 Å². The van der Waals surface area contributed by atoms with Crippen LogP contribution in [-0.2, 0) is 13.6 Å². The van der Waals surface area contributed by atoms with Gasteiger partial charge in [0.05, 0.1) is 22.1 Å². The third-order valence-electron chi connectivity index (χ3n) is 5.48. The van der Waals surface area contributed by atoms with E-state index in [0.717, 1.165) is 27.5 Å². The van der Waals surface area contributed by atoms with Gasteiger partial charge in [0.25, 0.3) is 5.69 Å². The molecule has 4 aromatic rings. The van der Waals surface area contributed by atoms with Crippen molar-refractivity contribution in [2.75, 3.05) is 20.4 Å². The van der Waals surface area contributed by atoms with Crippen molar-refractivity contribution < 1.29 is 23.3 Å². The summed E-state index contributed by atoms with van der Waals surface area (Å²) in [7, 11) is -0.664. The van der Waals surface area contributed by atoms with Gasteiger partial charge >= 0.3 is 7.60 Å². The van der Waals surface area contributed by atoms with Crippen molar-refractivity contribution in [3.63, 3.8) is 0 Å². The highest BCUT2D eigenvalue weighted by atomic mass is 31.2. The minimum atomic E-state index is -3.26. The average molecular weight is 452 g/mol. The van der Waals surface area contributed by atoms with Gasteiger partial charge < -0.3 is 13.6 Å². The molecule has 0 bridgehead atoms. The van der Waals surface area contributed by atoms with Gasteiger partial charge in [-0.15, -0.1) is 0 Å². The summed E-state index contributed by atoms with van der Waals surface area (Å²) in [6, 6.07) is 19.5. The summed E-state index contributed by atoms with van der Waals surface area (Å²) in [5.74, 6) is -0.159. The Labute approximate surface area is 184 Å². The average Bonchev–Trinajstić information content (AvgIpc) is 3.16. The molecule has 0 aliphatic rings. The number of carbonyl (C=O) groups excluding carboxylic acids is 1. The van der Waals surface area contributed by atoms with Gasteiger partial charge in [0.1, 0.15) is 0 Å². The van der Waals surface area contributed by atoms with Gasteiger partial charge in [-0.1, -0.05) is 18.2 Å². The van der Waals surface area contributed by atoms with Crippen LogP contribution in [-0.4, -0.2) is 35.7 Å². The maximum Gasteiger partial charge on any atom is 0.330 e. The first-order valence-electron chi connectivity index (χ1n) is 9.88. The topological polar surface area (TPSA) is 101 Å². The second-order valence-corrected chi connectivity index (χ2v) is 9.63. The van der Waals surface area contributed by atoms with Gasteiger partial charge in [-0.3, -0.25) is 19.5 Å². The van der Waals surface area contributed by atoms with Crippen LogP contribution in [0.1, 0.15) is 16.8 Å². The number of hydrogen-bond donors (Lipinski definition) is 0. The Bertz CT molecular complexity index is 1370. The molecule has 0 amide bonds. The fourth-order valence-corrected chi connectivity index (χ4v) is 4.78. The van der Waals surface area contributed by atoms with E-state index in [0.29, 0.717) is 5.56 Å². The van der Waals surface area contributed by atoms with Crippen LogP contribution < -0.4 is 0 Å². The Morgan fingerprint density at radius 3 is 2.28 bits per heavy atom. The SMILES string of the molecule is COP(=O)(CCC(=O)c1ccc2c(c1)c1ccccc1n2-c1ccc([N+](=O)[O-])cc1)OC. The van der Waals surface area contributed by atoms with Crippen molar-refractivity contribution in [2.24, 2.45) is 0 Å². The van der Waals surface area contributed by atoms with E-state index >= 15 is 0 Å². The number of carbonyl (C=O) groups is 1. The Morgan fingerprint density at radius 2 is 1.62 bits per heavy atom. The molecule has 4 rings (SSSR count). The lowest BCUT2D eigenvalue weighted by Crippen LogP contribution is -2.04. The van der Waals surface area contributed by atoms with Crippen LogP contribution in [0.2, 0.25) is 0 Å². The summed E-state index contributed by atoms with van der Waals surface area (Å²) in [6.45, 7) is 0. The number of non-ortho nitro benzene ring substituents is 1. The van der Waals surface area contributed by atoms with Crippen molar-refractivity contribution in [2.45, 2.75) is 6.42 Å². The molecular weight excluding hydrogens is 431 g/mol. The monoisotopic (exact) mass is 452 g/mol. The fraction of sp³-hybridized carbons (Fsp3) is 0.174. The lowest BCUT2D eigenvalue weighted by atomic mass is 10.1. The zero-order chi connectivity index (χ0) is 22.9.